The van der Waals surface area contributed by atoms with Crippen LogP contribution >= 0.6 is 0 Å². The van der Waals surface area contributed by atoms with Gasteiger partial charge < -0.3 is 4.74 Å². The number of alkyl halides is 3. The van der Waals surface area contributed by atoms with Crippen molar-refractivity contribution in [1.29, 1.82) is 0 Å². The molecule has 1 fully saturated rings. The van der Waals surface area contributed by atoms with Crippen molar-refractivity contribution in [2.24, 2.45) is 0 Å². The third kappa shape index (κ3) is 3.63. The minimum atomic E-state index is -4.29. The van der Waals surface area contributed by atoms with Gasteiger partial charge in [0.05, 0.1) is 0 Å². The first-order valence-corrected chi connectivity index (χ1v) is 5.89. The van der Waals surface area contributed by atoms with E-state index in [-0.39, 0.29) is 12.3 Å². The van der Waals surface area contributed by atoms with Crippen LogP contribution in [0, 0.1) is 0 Å². The van der Waals surface area contributed by atoms with Gasteiger partial charge in [-0.25, -0.2) is 4.79 Å². The lowest BCUT2D eigenvalue weighted by atomic mass is 10.4. The van der Waals surface area contributed by atoms with Gasteiger partial charge in [0.2, 0.25) is 0 Å². The number of nitrogens with zero attached hydrogens (tertiary/aromatic N) is 2. The molecule has 1 saturated carbocycles. The van der Waals surface area contributed by atoms with Gasteiger partial charge in [0, 0.05) is 31.6 Å². The molecule has 0 N–H and O–H groups in total. The van der Waals surface area contributed by atoms with Crippen LogP contribution < -0.4 is 5.69 Å². The summed E-state index contributed by atoms with van der Waals surface area (Å²) in [6, 6.07) is 0.320. The Morgan fingerprint density at radius 3 is 2.67 bits per heavy atom. The number of aryl methyl sites for hydroxylation is 1. The summed E-state index contributed by atoms with van der Waals surface area (Å²) < 4.78 is 43.0. The first-order chi connectivity index (χ1) is 8.47. The normalized spacial score (nSPS) is 16.2. The Morgan fingerprint density at radius 2 is 2.06 bits per heavy atom. The van der Waals surface area contributed by atoms with Crippen LogP contribution in [0.25, 0.3) is 0 Å². The molecule has 1 aliphatic rings. The maximum Gasteiger partial charge on any atom is 0.411 e. The van der Waals surface area contributed by atoms with E-state index in [0.717, 1.165) is 12.8 Å². The number of hydrogen-bond donors (Lipinski definition) is 0. The molecule has 0 radical (unpaired) electrons. The molecule has 0 unspecified atom stereocenters. The SMILES string of the molecule is O=c1n(CCCOCC(F)(F)F)ccn1C1CC1. The maximum atomic E-state index is 11.8. The van der Waals surface area contributed by atoms with Gasteiger partial charge in [-0.15, -0.1) is 0 Å². The molecule has 0 aliphatic heterocycles. The minimum absolute atomic E-state index is 0.000554. The maximum absolute atomic E-state index is 11.8. The van der Waals surface area contributed by atoms with Crippen LogP contribution in [-0.2, 0) is 11.3 Å². The molecule has 102 valence electrons. The monoisotopic (exact) mass is 264 g/mol. The van der Waals surface area contributed by atoms with Crippen molar-refractivity contribution in [2.45, 2.75) is 38.0 Å². The predicted octanol–water partition coefficient (Wildman–Crippen LogP) is 1.95. The second kappa shape index (κ2) is 5.17. The molecular formula is C11H15F3N2O2. The fraction of sp³-hybridized carbons (Fsp3) is 0.727. The third-order valence-electron chi connectivity index (χ3n) is 2.77. The van der Waals surface area contributed by atoms with Gasteiger partial charge in [0.25, 0.3) is 0 Å². The van der Waals surface area contributed by atoms with Crippen LogP contribution in [0.3, 0.4) is 0 Å². The molecule has 1 aliphatic carbocycles. The van der Waals surface area contributed by atoms with E-state index >= 15 is 0 Å². The lowest BCUT2D eigenvalue weighted by molar-refractivity contribution is -0.174. The highest BCUT2D eigenvalue weighted by molar-refractivity contribution is 4.91. The molecule has 0 atom stereocenters. The first kappa shape index (κ1) is 13.2. The smallest absolute Gasteiger partial charge is 0.372 e. The highest BCUT2D eigenvalue weighted by Crippen LogP contribution is 2.33. The Morgan fingerprint density at radius 1 is 1.33 bits per heavy atom. The Balaban J connectivity index is 1.72. The Labute approximate surface area is 102 Å². The zero-order valence-electron chi connectivity index (χ0n) is 9.82. The zero-order chi connectivity index (χ0) is 13.2. The van der Waals surface area contributed by atoms with Gasteiger partial charge in [-0.05, 0) is 19.3 Å². The average Bonchev–Trinajstić information content (AvgIpc) is 3.03. The predicted molar refractivity (Wildman–Crippen MR) is 58.5 cm³/mol. The number of hydrogen-bond acceptors (Lipinski definition) is 2. The standard InChI is InChI=1S/C11H15F3N2O2/c12-11(13,14)8-18-7-1-4-15-5-6-16(10(15)17)9-2-3-9/h5-6,9H,1-4,7-8H2. The van der Waals surface area contributed by atoms with Crippen molar-refractivity contribution in [3.8, 4) is 0 Å². The summed E-state index contributed by atoms with van der Waals surface area (Å²) in [4.78, 5) is 11.8. The number of aromatic nitrogens is 2. The molecule has 1 heterocycles. The van der Waals surface area contributed by atoms with Gasteiger partial charge in [0.1, 0.15) is 6.61 Å². The fourth-order valence-corrected chi connectivity index (χ4v) is 1.75. The summed E-state index contributed by atoms with van der Waals surface area (Å²) in [5.41, 5.74) is -0.0895. The van der Waals surface area contributed by atoms with E-state index in [1.807, 2.05) is 0 Å². The molecule has 4 nitrogen and oxygen atoms in total. The molecule has 0 saturated heterocycles. The van der Waals surface area contributed by atoms with E-state index in [1.165, 1.54) is 4.57 Å². The number of ether oxygens (including phenoxy) is 1. The van der Waals surface area contributed by atoms with Gasteiger partial charge in [-0.1, -0.05) is 0 Å². The summed E-state index contributed by atoms with van der Waals surface area (Å²) in [7, 11) is 0. The average molecular weight is 264 g/mol. The summed E-state index contributed by atoms with van der Waals surface area (Å²) >= 11 is 0. The van der Waals surface area contributed by atoms with Crippen molar-refractivity contribution in [3.05, 3.63) is 22.9 Å². The van der Waals surface area contributed by atoms with Gasteiger partial charge >= 0.3 is 11.9 Å². The Hall–Kier alpha value is -1.24. The van der Waals surface area contributed by atoms with E-state index in [9.17, 15) is 18.0 Å². The molecule has 0 bridgehead atoms. The van der Waals surface area contributed by atoms with Crippen LogP contribution in [0.15, 0.2) is 17.2 Å². The fourth-order valence-electron chi connectivity index (χ4n) is 1.75. The second-order valence-corrected chi connectivity index (χ2v) is 4.43. The molecule has 1 aromatic rings. The molecule has 1 aromatic heterocycles. The van der Waals surface area contributed by atoms with Gasteiger partial charge in [-0.2, -0.15) is 13.2 Å². The lowest BCUT2D eigenvalue weighted by Crippen LogP contribution is -2.24. The van der Waals surface area contributed by atoms with Crippen LogP contribution in [0.2, 0.25) is 0 Å². The first-order valence-electron chi connectivity index (χ1n) is 5.89. The van der Waals surface area contributed by atoms with Crippen molar-refractivity contribution >= 4 is 0 Å². The Kier molecular flexibility index (Phi) is 3.79. The summed E-state index contributed by atoms with van der Waals surface area (Å²) in [6.07, 6.45) is 1.56. The quantitative estimate of drug-likeness (QED) is 0.736. The largest absolute Gasteiger partial charge is 0.411 e. The van der Waals surface area contributed by atoms with E-state index in [2.05, 4.69) is 4.74 Å². The molecule has 0 amide bonds. The number of halogens is 3. The highest BCUT2D eigenvalue weighted by atomic mass is 19.4. The van der Waals surface area contributed by atoms with Crippen LogP contribution in [0.4, 0.5) is 13.2 Å². The van der Waals surface area contributed by atoms with Crippen molar-refractivity contribution in [2.75, 3.05) is 13.2 Å². The van der Waals surface area contributed by atoms with E-state index in [1.54, 1.807) is 17.0 Å². The molecule has 18 heavy (non-hydrogen) atoms. The second-order valence-electron chi connectivity index (χ2n) is 4.43. The molecule has 0 spiro atoms. The highest BCUT2D eigenvalue weighted by Gasteiger charge is 2.27. The van der Waals surface area contributed by atoms with E-state index in [0.29, 0.717) is 19.0 Å². The number of imidazole rings is 1. The van der Waals surface area contributed by atoms with Gasteiger partial charge in [-0.3, -0.25) is 9.13 Å². The summed E-state index contributed by atoms with van der Waals surface area (Å²) in [5.74, 6) is 0. The third-order valence-corrected chi connectivity index (χ3v) is 2.77. The molecule has 0 aromatic carbocycles. The van der Waals surface area contributed by atoms with Crippen molar-refractivity contribution in [3.63, 3.8) is 0 Å². The van der Waals surface area contributed by atoms with Crippen molar-refractivity contribution < 1.29 is 17.9 Å². The topological polar surface area (TPSA) is 36.2 Å². The molecule has 7 heteroatoms. The van der Waals surface area contributed by atoms with Crippen molar-refractivity contribution in [1.82, 2.24) is 9.13 Å². The summed E-state index contributed by atoms with van der Waals surface area (Å²) in [6.45, 7) is -0.845. The number of rotatable bonds is 6. The van der Waals surface area contributed by atoms with E-state index in [4.69, 9.17) is 0 Å². The van der Waals surface area contributed by atoms with Gasteiger partial charge in [0.15, 0.2) is 0 Å². The van der Waals surface area contributed by atoms with Crippen LogP contribution in [0.1, 0.15) is 25.3 Å². The zero-order valence-corrected chi connectivity index (χ0v) is 9.82. The van der Waals surface area contributed by atoms with E-state index < -0.39 is 12.8 Å². The molecule has 2 rings (SSSR count). The molecular weight excluding hydrogens is 249 g/mol. The van der Waals surface area contributed by atoms with Crippen LogP contribution in [-0.4, -0.2) is 28.5 Å². The Bertz CT molecular complexity index is 446. The van der Waals surface area contributed by atoms with Crippen LogP contribution in [0.5, 0.6) is 0 Å². The lowest BCUT2D eigenvalue weighted by Gasteiger charge is -2.07. The summed E-state index contributed by atoms with van der Waals surface area (Å²) in [5, 5.41) is 0. The minimum Gasteiger partial charge on any atom is -0.372 e.